The first kappa shape index (κ1) is 27.0. The Balaban J connectivity index is 1.75. The number of aromatic nitrogens is 2. The summed E-state index contributed by atoms with van der Waals surface area (Å²) in [4.78, 5) is 4.36. The molecule has 0 aliphatic rings. The summed E-state index contributed by atoms with van der Waals surface area (Å²) in [7, 11) is -4.36. The van der Waals surface area contributed by atoms with E-state index in [0.717, 1.165) is 11.3 Å². The van der Waals surface area contributed by atoms with Gasteiger partial charge in [-0.15, -0.1) is 0 Å². The van der Waals surface area contributed by atoms with E-state index < -0.39 is 15.5 Å². The third kappa shape index (κ3) is 5.59. The largest absolute Gasteiger partial charge is 0.294 e. The summed E-state index contributed by atoms with van der Waals surface area (Å²) in [5.41, 5.74) is 2.58. The highest BCUT2D eigenvalue weighted by Gasteiger charge is 2.30. The predicted molar refractivity (Wildman–Crippen MR) is 143 cm³/mol. The zero-order chi connectivity index (χ0) is 26.3. The molecule has 0 saturated carbocycles. The van der Waals surface area contributed by atoms with Gasteiger partial charge in [0.1, 0.15) is 5.82 Å². The van der Waals surface area contributed by atoms with Crippen molar-refractivity contribution >= 4 is 56.7 Å². The number of imidazole rings is 1. The lowest BCUT2D eigenvalue weighted by Crippen LogP contribution is -2.23. The van der Waals surface area contributed by atoms with Gasteiger partial charge in [0.15, 0.2) is 5.16 Å². The monoisotopic (exact) mass is 584 g/mol. The van der Waals surface area contributed by atoms with Crippen LogP contribution in [0.15, 0.2) is 76.9 Å². The van der Waals surface area contributed by atoms with E-state index >= 15 is 0 Å². The Morgan fingerprint density at radius 1 is 0.972 bits per heavy atom. The van der Waals surface area contributed by atoms with Gasteiger partial charge < -0.3 is 0 Å². The molecule has 3 aromatic carbocycles. The average Bonchev–Trinajstić information content (AvgIpc) is 3.24. The van der Waals surface area contributed by atoms with Crippen molar-refractivity contribution in [2.45, 2.75) is 35.1 Å². The van der Waals surface area contributed by atoms with E-state index in [2.05, 4.69) is 4.98 Å². The minimum Gasteiger partial charge on any atom is -0.291 e. The molecule has 4 aromatic rings. The fraction of sp³-hybridized carbons (Fsp3) is 0.160. The highest BCUT2D eigenvalue weighted by Crippen LogP contribution is 2.39. The topological polar surface area (TPSA) is 72.2 Å². The molecule has 0 radical (unpaired) electrons. The second kappa shape index (κ2) is 10.4. The van der Waals surface area contributed by atoms with Gasteiger partial charge in [-0.05, 0) is 59.7 Å². The van der Waals surface area contributed by atoms with Gasteiger partial charge in [0.05, 0.1) is 26.8 Å². The normalized spacial score (nSPS) is 12.2. The van der Waals surface area contributed by atoms with Crippen molar-refractivity contribution in [3.63, 3.8) is 0 Å². The van der Waals surface area contributed by atoms with E-state index in [9.17, 15) is 17.4 Å². The number of hydrogen-bond acceptors (Lipinski definition) is 4. The van der Waals surface area contributed by atoms with Crippen LogP contribution < -0.4 is 0 Å². The second-order valence-electron chi connectivity index (χ2n) is 8.51. The van der Waals surface area contributed by atoms with Crippen molar-refractivity contribution in [3.05, 3.63) is 105 Å². The Labute approximate surface area is 228 Å². The van der Waals surface area contributed by atoms with Crippen molar-refractivity contribution in [3.8, 4) is 5.69 Å². The van der Waals surface area contributed by atoms with E-state index in [0.29, 0.717) is 32.2 Å². The van der Waals surface area contributed by atoms with Crippen LogP contribution in [0.1, 0.15) is 30.7 Å². The molecule has 0 unspecified atom stereocenters. The first-order chi connectivity index (χ1) is 16.9. The fourth-order valence-corrected chi connectivity index (χ4v) is 5.89. The molecule has 0 amide bonds. The third-order valence-corrected chi connectivity index (χ3v) is 8.72. The number of halogens is 4. The molecule has 0 atom stereocenters. The van der Waals surface area contributed by atoms with Crippen LogP contribution in [-0.4, -0.2) is 22.5 Å². The average molecular weight is 586 g/mol. The lowest BCUT2D eigenvalue weighted by molar-refractivity contribution is 0.483. The third-order valence-electron chi connectivity index (χ3n) is 5.78. The zero-order valence-corrected chi connectivity index (χ0v) is 22.9. The molecule has 1 aromatic heterocycles. The molecule has 188 valence electrons. The van der Waals surface area contributed by atoms with Crippen LogP contribution in [0.2, 0.25) is 15.1 Å². The highest BCUT2D eigenvalue weighted by atomic mass is 35.5. The first-order valence-corrected chi connectivity index (χ1v) is 14.1. The minimum atomic E-state index is -4.36. The summed E-state index contributed by atoms with van der Waals surface area (Å²) >= 11 is 20.1. The van der Waals surface area contributed by atoms with Crippen LogP contribution >= 0.6 is 46.6 Å². The Bertz CT molecular complexity index is 1540. The van der Waals surface area contributed by atoms with E-state index in [1.54, 1.807) is 30.5 Å². The molecular formula is C25H20Cl3FN2O3S2. The Morgan fingerprint density at radius 2 is 1.67 bits per heavy atom. The molecule has 1 heterocycles. The molecule has 11 heteroatoms. The lowest BCUT2D eigenvalue weighted by Gasteiger charge is -2.28. The van der Waals surface area contributed by atoms with Gasteiger partial charge in [-0.1, -0.05) is 72.5 Å². The van der Waals surface area contributed by atoms with Gasteiger partial charge in [-0.25, -0.2) is 9.37 Å². The van der Waals surface area contributed by atoms with Crippen molar-refractivity contribution in [1.82, 2.24) is 9.55 Å². The summed E-state index contributed by atoms with van der Waals surface area (Å²) < 4.78 is 47.7. The van der Waals surface area contributed by atoms with Crippen LogP contribution in [-0.2, 0) is 21.3 Å². The summed E-state index contributed by atoms with van der Waals surface area (Å²) in [5, 5.41) is 1.72. The van der Waals surface area contributed by atoms with E-state index in [1.807, 2.05) is 30.5 Å². The Kier molecular flexibility index (Phi) is 7.76. The molecule has 36 heavy (non-hydrogen) atoms. The minimum absolute atomic E-state index is 0.203. The highest BCUT2D eigenvalue weighted by molar-refractivity contribution is 7.98. The fourth-order valence-electron chi connectivity index (χ4n) is 3.70. The molecule has 5 nitrogen and oxygen atoms in total. The summed E-state index contributed by atoms with van der Waals surface area (Å²) in [6.07, 6.45) is 1.76. The van der Waals surface area contributed by atoms with Crippen molar-refractivity contribution in [1.29, 1.82) is 0 Å². The molecule has 0 aliphatic heterocycles. The maximum Gasteiger partial charge on any atom is 0.294 e. The van der Waals surface area contributed by atoms with Crippen LogP contribution in [0.4, 0.5) is 4.39 Å². The van der Waals surface area contributed by atoms with E-state index in [-0.39, 0.29) is 15.7 Å². The van der Waals surface area contributed by atoms with Gasteiger partial charge >= 0.3 is 0 Å². The first-order valence-electron chi connectivity index (χ1n) is 10.6. The number of nitrogens with zero attached hydrogens (tertiary/aromatic N) is 2. The maximum absolute atomic E-state index is 13.7. The van der Waals surface area contributed by atoms with Gasteiger partial charge in [-0.2, -0.15) is 8.42 Å². The number of hydrogen-bond donors (Lipinski definition) is 1. The summed E-state index contributed by atoms with van der Waals surface area (Å²) in [6, 6.07) is 15.6. The van der Waals surface area contributed by atoms with Gasteiger partial charge in [0, 0.05) is 21.9 Å². The number of benzene rings is 3. The predicted octanol–water partition coefficient (Wildman–Crippen LogP) is 7.84. The number of thioether (sulfide) groups is 1. The van der Waals surface area contributed by atoms with Crippen molar-refractivity contribution in [2.24, 2.45) is 0 Å². The van der Waals surface area contributed by atoms with Crippen LogP contribution in [0.3, 0.4) is 0 Å². The quantitative estimate of drug-likeness (QED) is 0.177. The summed E-state index contributed by atoms with van der Waals surface area (Å²) in [5.74, 6) is 0.0131. The molecule has 0 bridgehead atoms. The van der Waals surface area contributed by atoms with Crippen molar-refractivity contribution in [2.75, 3.05) is 0 Å². The SMILES string of the molecule is CC(C)(c1ccc(Cl)c(Cl)c1)c1cnc(SCc2ccc(S(=O)(=O)O)cc2Cl)n1-c1ccc(F)cc1. The Hall–Kier alpha value is -2.07. The van der Waals surface area contributed by atoms with Gasteiger partial charge in [0.25, 0.3) is 10.1 Å². The van der Waals surface area contributed by atoms with Gasteiger partial charge in [0.2, 0.25) is 0 Å². The number of rotatable bonds is 7. The van der Waals surface area contributed by atoms with Gasteiger partial charge in [-0.3, -0.25) is 9.12 Å². The van der Waals surface area contributed by atoms with Crippen LogP contribution in [0, 0.1) is 5.82 Å². The zero-order valence-electron chi connectivity index (χ0n) is 19.0. The Morgan fingerprint density at radius 3 is 2.28 bits per heavy atom. The standard InChI is InChI=1S/C25H20Cl3FN2O3S2/c1-25(2,16-4-10-20(26)22(28)11-16)23-13-30-24(31(23)18-7-5-17(29)6-8-18)35-14-15-3-9-19(12-21(15)27)36(32,33)34/h3-13H,14H2,1-2H3,(H,32,33,34). The molecular weight excluding hydrogens is 566 g/mol. The molecule has 0 fully saturated rings. The van der Waals surface area contributed by atoms with Crippen LogP contribution in [0.5, 0.6) is 0 Å². The molecule has 0 aliphatic carbocycles. The lowest BCUT2D eigenvalue weighted by atomic mass is 9.81. The smallest absolute Gasteiger partial charge is 0.291 e. The second-order valence-corrected chi connectivity index (χ2v) is 12.1. The molecule has 0 spiro atoms. The molecule has 1 N–H and O–H groups in total. The molecule has 4 rings (SSSR count). The van der Waals surface area contributed by atoms with Crippen LogP contribution in [0.25, 0.3) is 5.69 Å². The van der Waals surface area contributed by atoms with Crippen molar-refractivity contribution < 1.29 is 17.4 Å². The van der Waals surface area contributed by atoms with E-state index in [1.165, 1.54) is 36.0 Å². The van der Waals surface area contributed by atoms with E-state index in [4.69, 9.17) is 34.8 Å². The molecule has 0 saturated heterocycles. The maximum atomic E-state index is 13.7. The summed E-state index contributed by atoms with van der Waals surface area (Å²) in [6.45, 7) is 4.06.